The number of rotatable bonds is 4. The molecule has 0 bridgehead atoms. The largest absolute Gasteiger partial charge is 0.399 e. The summed E-state index contributed by atoms with van der Waals surface area (Å²) in [7, 11) is 1.53. The summed E-state index contributed by atoms with van der Waals surface area (Å²) in [5.74, 6) is -2.57. The molecule has 120 valence electrons. The van der Waals surface area contributed by atoms with Crippen molar-refractivity contribution in [2.75, 3.05) is 26.1 Å². The summed E-state index contributed by atoms with van der Waals surface area (Å²) >= 11 is 1.30. The van der Waals surface area contributed by atoms with Crippen LogP contribution in [0.15, 0.2) is 17.1 Å². The number of methoxy groups -OCH3 is 1. The lowest BCUT2D eigenvalue weighted by atomic mass is 9.84. The highest BCUT2D eigenvalue weighted by Gasteiger charge is 2.68. The van der Waals surface area contributed by atoms with Gasteiger partial charge in [-0.1, -0.05) is 11.8 Å². The molecular weight excluding hydrogens is 315 g/mol. The van der Waals surface area contributed by atoms with Gasteiger partial charge in [0.05, 0.1) is 11.4 Å². The SMILES string of the molecule is COC[C@]12CC1[C@@](CF)(c1cc(N)cc(F)c1F)N=C(N)S2. The standard InChI is InChI=1S/C14H16F3N3OS/c1-21-6-13-4-10(13)14(5-15,20-12(19)22-13)8-2-7(18)3-9(16)11(8)17/h2-3,10H,4-6,18H2,1H3,(H2,19,20)/t10?,13-,14-/m1/s1. The molecule has 4 N–H and O–H groups in total. The van der Waals surface area contributed by atoms with Gasteiger partial charge in [-0.05, 0) is 18.6 Å². The van der Waals surface area contributed by atoms with Crippen molar-refractivity contribution in [2.24, 2.45) is 16.6 Å². The molecular formula is C14H16F3N3OS. The molecule has 8 heteroatoms. The van der Waals surface area contributed by atoms with Gasteiger partial charge in [-0.3, -0.25) is 0 Å². The Labute approximate surface area is 130 Å². The number of nitrogen functional groups attached to an aromatic ring is 1. The van der Waals surface area contributed by atoms with Crippen molar-refractivity contribution in [3.05, 3.63) is 29.3 Å². The van der Waals surface area contributed by atoms with Crippen LogP contribution >= 0.6 is 11.8 Å². The van der Waals surface area contributed by atoms with Crippen LogP contribution < -0.4 is 11.5 Å². The van der Waals surface area contributed by atoms with E-state index < -0.39 is 28.6 Å². The third-order valence-corrected chi connectivity index (χ3v) is 5.60. The first-order chi connectivity index (χ1) is 10.4. The van der Waals surface area contributed by atoms with E-state index in [1.807, 2.05) is 0 Å². The zero-order valence-corrected chi connectivity index (χ0v) is 12.7. The maximum absolute atomic E-state index is 14.3. The Hall–Kier alpha value is -1.41. The molecule has 22 heavy (non-hydrogen) atoms. The van der Waals surface area contributed by atoms with Crippen molar-refractivity contribution in [3.8, 4) is 0 Å². The minimum atomic E-state index is -1.55. The molecule has 1 heterocycles. The van der Waals surface area contributed by atoms with Crippen LogP contribution in [0.1, 0.15) is 12.0 Å². The van der Waals surface area contributed by atoms with Gasteiger partial charge in [0, 0.05) is 24.3 Å². The molecule has 0 aromatic heterocycles. The number of nitrogens with zero attached hydrogens (tertiary/aromatic N) is 1. The van der Waals surface area contributed by atoms with E-state index in [1.165, 1.54) is 24.9 Å². The molecule has 1 unspecified atom stereocenters. The highest BCUT2D eigenvalue weighted by atomic mass is 32.2. The van der Waals surface area contributed by atoms with Gasteiger partial charge in [-0.15, -0.1) is 0 Å². The Balaban J connectivity index is 2.16. The quantitative estimate of drug-likeness (QED) is 0.830. The zero-order valence-electron chi connectivity index (χ0n) is 11.9. The van der Waals surface area contributed by atoms with Gasteiger partial charge in [0.25, 0.3) is 0 Å². The Bertz CT molecular complexity index is 656. The lowest BCUT2D eigenvalue weighted by molar-refractivity contribution is 0.176. The third-order valence-electron chi connectivity index (χ3n) is 4.33. The molecule has 1 aromatic carbocycles. The van der Waals surface area contributed by atoms with Gasteiger partial charge in [-0.2, -0.15) is 0 Å². The molecule has 1 saturated carbocycles. The van der Waals surface area contributed by atoms with E-state index in [0.717, 1.165) is 6.07 Å². The maximum Gasteiger partial charge on any atom is 0.164 e. The van der Waals surface area contributed by atoms with Crippen LogP contribution in [0, 0.1) is 17.6 Å². The molecule has 0 amide bonds. The molecule has 3 atom stereocenters. The van der Waals surface area contributed by atoms with E-state index in [2.05, 4.69) is 4.99 Å². The van der Waals surface area contributed by atoms with Gasteiger partial charge >= 0.3 is 0 Å². The number of nitrogens with two attached hydrogens (primary N) is 2. The summed E-state index contributed by atoms with van der Waals surface area (Å²) in [6, 6.07) is 2.10. The summed E-state index contributed by atoms with van der Waals surface area (Å²) in [6.07, 6.45) is 0.565. The maximum atomic E-state index is 14.3. The second-order valence-electron chi connectivity index (χ2n) is 5.73. The van der Waals surface area contributed by atoms with Crippen molar-refractivity contribution in [2.45, 2.75) is 16.7 Å². The van der Waals surface area contributed by atoms with Crippen LogP contribution in [0.5, 0.6) is 0 Å². The lowest BCUT2D eigenvalue weighted by Gasteiger charge is -2.35. The fourth-order valence-electron chi connectivity index (χ4n) is 3.31. The minimum absolute atomic E-state index is 0.0201. The Kier molecular flexibility index (Phi) is 3.56. The molecule has 1 aliphatic heterocycles. The summed E-state index contributed by atoms with van der Waals surface area (Å²) in [5, 5.41) is 0.144. The number of amidine groups is 1. The molecule has 0 radical (unpaired) electrons. The predicted molar refractivity (Wildman–Crippen MR) is 80.4 cm³/mol. The van der Waals surface area contributed by atoms with E-state index >= 15 is 0 Å². The molecule has 1 aliphatic carbocycles. The highest BCUT2D eigenvalue weighted by Crippen LogP contribution is 2.66. The molecule has 3 rings (SSSR count). The van der Waals surface area contributed by atoms with E-state index in [9.17, 15) is 13.2 Å². The van der Waals surface area contributed by atoms with Crippen molar-refractivity contribution in [1.82, 2.24) is 0 Å². The number of hydrogen-bond donors (Lipinski definition) is 2. The third kappa shape index (κ3) is 2.08. The zero-order chi connectivity index (χ0) is 16.1. The summed E-state index contributed by atoms with van der Waals surface area (Å²) in [4.78, 5) is 4.16. The van der Waals surface area contributed by atoms with Gasteiger partial charge in [0.2, 0.25) is 0 Å². The van der Waals surface area contributed by atoms with E-state index in [-0.39, 0.29) is 22.3 Å². The first-order valence-corrected chi connectivity index (χ1v) is 7.54. The van der Waals surface area contributed by atoms with E-state index in [0.29, 0.717) is 13.0 Å². The van der Waals surface area contributed by atoms with Gasteiger partial charge in [0.1, 0.15) is 12.2 Å². The van der Waals surface area contributed by atoms with Crippen LogP contribution in [0.2, 0.25) is 0 Å². The van der Waals surface area contributed by atoms with Crippen LogP contribution in [0.4, 0.5) is 18.9 Å². The normalized spacial score (nSPS) is 33.3. The number of ether oxygens (including phenoxy) is 1. The Morgan fingerprint density at radius 3 is 2.77 bits per heavy atom. The van der Waals surface area contributed by atoms with Crippen LogP contribution in [0.25, 0.3) is 0 Å². The topological polar surface area (TPSA) is 73.6 Å². The predicted octanol–water partition coefficient (Wildman–Crippen LogP) is 2.18. The average Bonchev–Trinajstić information content (AvgIpc) is 3.16. The summed E-state index contributed by atoms with van der Waals surface area (Å²) in [5.41, 5.74) is 9.71. The number of anilines is 1. The Morgan fingerprint density at radius 1 is 1.41 bits per heavy atom. The molecule has 1 aromatic rings. The first kappa shape index (κ1) is 15.5. The van der Waals surface area contributed by atoms with Crippen molar-refractivity contribution in [3.63, 3.8) is 0 Å². The Morgan fingerprint density at radius 2 is 2.14 bits per heavy atom. The molecule has 0 spiro atoms. The van der Waals surface area contributed by atoms with E-state index in [4.69, 9.17) is 16.2 Å². The molecule has 4 nitrogen and oxygen atoms in total. The van der Waals surface area contributed by atoms with Crippen molar-refractivity contribution in [1.29, 1.82) is 0 Å². The monoisotopic (exact) mass is 331 g/mol. The smallest absolute Gasteiger partial charge is 0.164 e. The fraction of sp³-hybridized carbons (Fsp3) is 0.500. The van der Waals surface area contributed by atoms with Gasteiger partial charge < -0.3 is 16.2 Å². The van der Waals surface area contributed by atoms with Crippen LogP contribution in [-0.4, -0.2) is 30.3 Å². The van der Waals surface area contributed by atoms with Crippen molar-refractivity contribution >= 4 is 22.6 Å². The number of hydrogen-bond acceptors (Lipinski definition) is 5. The van der Waals surface area contributed by atoms with Gasteiger partial charge in [0.15, 0.2) is 16.8 Å². The number of benzene rings is 1. The van der Waals surface area contributed by atoms with Crippen LogP contribution in [-0.2, 0) is 10.3 Å². The second-order valence-corrected chi connectivity index (χ2v) is 7.16. The molecule has 0 saturated heterocycles. The average molecular weight is 331 g/mol. The second kappa shape index (κ2) is 5.06. The molecule has 1 fully saturated rings. The van der Waals surface area contributed by atoms with Gasteiger partial charge in [-0.25, -0.2) is 18.2 Å². The first-order valence-electron chi connectivity index (χ1n) is 6.73. The minimum Gasteiger partial charge on any atom is -0.399 e. The van der Waals surface area contributed by atoms with Crippen molar-refractivity contribution < 1.29 is 17.9 Å². The van der Waals surface area contributed by atoms with Crippen LogP contribution in [0.3, 0.4) is 0 Å². The highest BCUT2D eigenvalue weighted by molar-refractivity contribution is 8.15. The molecule has 2 aliphatic rings. The van der Waals surface area contributed by atoms with E-state index in [1.54, 1.807) is 0 Å². The number of aliphatic imine (C=N–C) groups is 1. The number of halogens is 3. The number of thioether (sulfide) groups is 1. The lowest BCUT2D eigenvalue weighted by Crippen LogP contribution is -2.41. The fourth-order valence-corrected chi connectivity index (χ4v) is 4.70. The summed E-state index contributed by atoms with van der Waals surface area (Å²) < 4.78 is 46.7. The number of fused-ring (bicyclic) bond motifs is 1. The summed E-state index contributed by atoms with van der Waals surface area (Å²) in [6.45, 7) is -0.642. The number of alkyl halides is 1.